The van der Waals surface area contributed by atoms with E-state index in [2.05, 4.69) is 30.6 Å². The van der Waals surface area contributed by atoms with E-state index in [4.69, 9.17) is 0 Å². The monoisotopic (exact) mass is 292 g/mol. The summed E-state index contributed by atoms with van der Waals surface area (Å²) in [6, 6.07) is 11.6. The molecule has 6 nitrogen and oxygen atoms in total. The lowest BCUT2D eigenvalue weighted by molar-refractivity contribution is 1.06. The van der Waals surface area contributed by atoms with Gasteiger partial charge < -0.3 is 10.6 Å². The van der Waals surface area contributed by atoms with Crippen molar-refractivity contribution in [1.29, 1.82) is 0 Å². The molecule has 0 atom stereocenters. The van der Waals surface area contributed by atoms with Crippen molar-refractivity contribution in [2.75, 3.05) is 17.7 Å². The molecule has 0 aliphatic rings. The van der Waals surface area contributed by atoms with Crippen molar-refractivity contribution in [2.45, 2.75) is 6.54 Å². The Bertz CT molecular complexity index is 730. The molecule has 0 aliphatic carbocycles. The Morgan fingerprint density at radius 2 is 1.95 bits per heavy atom. The van der Waals surface area contributed by atoms with Gasteiger partial charge >= 0.3 is 0 Å². The van der Waals surface area contributed by atoms with Crippen LogP contribution in [0.2, 0.25) is 0 Å². The van der Waals surface area contributed by atoms with Crippen LogP contribution in [0.4, 0.5) is 11.8 Å². The fourth-order valence-electron chi connectivity index (χ4n) is 1.99. The maximum absolute atomic E-state index is 4.44. The number of rotatable bonds is 5. The Labute approximate surface area is 128 Å². The van der Waals surface area contributed by atoms with E-state index in [1.807, 2.05) is 42.6 Å². The lowest BCUT2D eigenvalue weighted by atomic mass is 10.2. The summed E-state index contributed by atoms with van der Waals surface area (Å²) in [5.74, 6) is 1.29. The van der Waals surface area contributed by atoms with Gasteiger partial charge in [-0.2, -0.15) is 4.98 Å². The Morgan fingerprint density at radius 1 is 1.00 bits per heavy atom. The van der Waals surface area contributed by atoms with Crippen LogP contribution < -0.4 is 10.6 Å². The second kappa shape index (κ2) is 6.62. The molecule has 0 fully saturated rings. The van der Waals surface area contributed by atoms with Crippen molar-refractivity contribution < 1.29 is 0 Å². The zero-order chi connectivity index (χ0) is 15.2. The minimum atomic E-state index is 0.553. The van der Waals surface area contributed by atoms with Crippen molar-refractivity contribution in [2.24, 2.45) is 0 Å². The highest BCUT2D eigenvalue weighted by Gasteiger charge is 2.06. The normalized spacial score (nSPS) is 10.2. The maximum Gasteiger partial charge on any atom is 0.224 e. The van der Waals surface area contributed by atoms with Gasteiger partial charge in [-0.3, -0.25) is 9.97 Å². The summed E-state index contributed by atoms with van der Waals surface area (Å²) >= 11 is 0. The van der Waals surface area contributed by atoms with E-state index in [0.29, 0.717) is 12.5 Å². The summed E-state index contributed by atoms with van der Waals surface area (Å²) < 4.78 is 0. The Hall–Kier alpha value is -3.02. The van der Waals surface area contributed by atoms with Gasteiger partial charge in [0.25, 0.3) is 0 Å². The maximum atomic E-state index is 4.44. The molecule has 3 aromatic rings. The van der Waals surface area contributed by atoms with Gasteiger partial charge in [-0.05, 0) is 23.8 Å². The number of pyridine rings is 2. The van der Waals surface area contributed by atoms with E-state index >= 15 is 0 Å². The molecule has 0 amide bonds. The third kappa shape index (κ3) is 3.35. The lowest BCUT2D eigenvalue weighted by Crippen LogP contribution is -2.06. The van der Waals surface area contributed by atoms with Crippen LogP contribution in [0.5, 0.6) is 0 Å². The molecule has 0 radical (unpaired) electrons. The molecule has 6 heteroatoms. The average molecular weight is 292 g/mol. The molecule has 0 bridgehead atoms. The first-order valence-corrected chi connectivity index (χ1v) is 6.96. The van der Waals surface area contributed by atoms with Gasteiger partial charge in [0.2, 0.25) is 5.95 Å². The molecule has 0 saturated heterocycles. The van der Waals surface area contributed by atoms with Gasteiger partial charge in [0.15, 0.2) is 0 Å². The third-order valence-electron chi connectivity index (χ3n) is 3.07. The molecule has 22 heavy (non-hydrogen) atoms. The van der Waals surface area contributed by atoms with E-state index in [9.17, 15) is 0 Å². The summed E-state index contributed by atoms with van der Waals surface area (Å²) in [7, 11) is 1.79. The van der Waals surface area contributed by atoms with Gasteiger partial charge in [-0.25, -0.2) is 4.98 Å². The summed E-state index contributed by atoms with van der Waals surface area (Å²) in [6.45, 7) is 0.648. The van der Waals surface area contributed by atoms with Crippen molar-refractivity contribution in [3.63, 3.8) is 0 Å². The van der Waals surface area contributed by atoms with Gasteiger partial charge in [0.05, 0.1) is 11.4 Å². The van der Waals surface area contributed by atoms with E-state index in [1.54, 1.807) is 19.4 Å². The molecule has 3 rings (SSSR count). The highest BCUT2D eigenvalue weighted by molar-refractivity contribution is 5.60. The number of nitrogens with zero attached hydrogens (tertiary/aromatic N) is 4. The number of aromatic nitrogens is 4. The van der Waals surface area contributed by atoms with Gasteiger partial charge in [-0.1, -0.05) is 12.1 Å². The molecule has 110 valence electrons. The lowest BCUT2D eigenvalue weighted by Gasteiger charge is -2.09. The first kappa shape index (κ1) is 13.9. The molecule has 2 N–H and O–H groups in total. The van der Waals surface area contributed by atoms with Crippen LogP contribution in [-0.2, 0) is 6.54 Å². The molecular formula is C16H16N6. The second-order valence-corrected chi connectivity index (χ2v) is 4.64. The molecule has 3 aromatic heterocycles. The Morgan fingerprint density at radius 3 is 2.68 bits per heavy atom. The fraction of sp³-hybridized carbons (Fsp3) is 0.125. The van der Waals surface area contributed by atoms with Crippen LogP contribution in [0.3, 0.4) is 0 Å². The number of hydrogen-bond acceptors (Lipinski definition) is 6. The van der Waals surface area contributed by atoms with Crippen LogP contribution >= 0.6 is 0 Å². The number of hydrogen-bond donors (Lipinski definition) is 2. The standard InChI is InChI=1S/C16H16N6/c1-17-16-21-14(13-6-2-3-8-19-13)9-15(22-16)20-11-12-5-4-7-18-10-12/h2-10H,11H2,1H3,(H2,17,20,21,22). The number of anilines is 2. The predicted molar refractivity (Wildman–Crippen MR) is 86.4 cm³/mol. The largest absolute Gasteiger partial charge is 0.366 e. The zero-order valence-corrected chi connectivity index (χ0v) is 12.2. The van der Waals surface area contributed by atoms with Crippen LogP contribution in [0, 0.1) is 0 Å². The highest BCUT2D eigenvalue weighted by Crippen LogP contribution is 2.19. The van der Waals surface area contributed by atoms with Crippen LogP contribution in [0.15, 0.2) is 55.0 Å². The van der Waals surface area contributed by atoms with Gasteiger partial charge in [-0.15, -0.1) is 0 Å². The highest BCUT2D eigenvalue weighted by atomic mass is 15.1. The van der Waals surface area contributed by atoms with Crippen molar-refractivity contribution in [3.05, 3.63) is 60.6 Å². The first-order valence-electron chi connectivity index (χ1n) is 6.96. The van der Waals surface area contributed by atoms with Gasteiger partial charge in [0.1, 0.15) is 5.82 Å². The molecule has 0 unspecified atom stereocenters. The minimum absolute atomic E-state index is 0.553. The molecule has 3 heterocycles. The summed E-state index contributed by atoms with van der Waals surface area (Å²) in [4.78, 5) is 17.3. The topological polar surface area (TPSA) is 75.6 Å². The zero-order valence-electron chi connectivity index (χ0n) is 12.2. The summed E-state index contributed by atoms with van der Waals surface area (Å²) in [5, 5.41) is 6.26. The van der Waals surface area contributed by atoms with Crippen molar-refractivity contribution in [3.8, 4) is 11.4 Å². The third-order valence-corrected chi connectivity index (χ3v) is 3.07. The van der Waals surface area contributed by atoms with Crippen LogP contribution in [0.25, 0.3) is 11.4 Å². The van der Waals surface area contributed by atoms with Crippen LogP contribution in [0.1, 0.15) is 5.56 Å². The van der Waals surface area contributed by atoms with Crippen LogP contribution in [-0.4, -0.2) is 27.0 Å². The predicted octanol–water partition coefficient (Wildman–Crippen LogP) is 2.59. The Balaban J connectivity index is 1.85. The van der Waals surface area contributed by atoms with Gasteiger partial charge in [0, 0.05) is 38.2 Å². The number of nitrogens with one attached hydrogen (secondary N) is 2. The second-order valence-electron chi connectivity index (χ2n) is 4.64. The van der Waals surface area contributed by atoms with Crippen molar-refractivity contribution in [1.82, 2.24) is 19.9 Å². The molecule has 0 spiro atoms. The first-order chi connectivity index (χ1) is 10.8. The van der Waals surface area contributed by atoms with Crippen molar-refractivity contribution >= 4 is 11.8 Å². The van der Waals surface area contributed by atoms with E-state index < -0.39 is 0 Å². The molecule has 0 saturated carbocycles. The molecule has 0 aromatic carbocycles. The van der Waals surface area contributed by atoms with E-state index in [-0.39, 0.29) is 0 Å². The smallest absolute Gasteiger partial charge is 0.224 e. The average Bonchev–Trinajstić information content (AvgIpc) is 2.61. The minimum Gasteiger partial charge on any atom is -0.366 e. The molecule has 0 aliphatic heterocycles. The quantitative estimate of drug-likeness (QED) is 0.753. The van der Waals surface area contributed by atoms with E-state index in [0.717, 1.165) is 22.8 Å². The summed E-state index contributed by atoms with van der Waals surface area (Å²) in [5.41, 5.74) is 2.67. The SMILES string of the molecule is CNc1nc(NCc2cccnc2)cc(-c2ccccn2)n1. The summed E-state index contributed by atoms with van der Waals surface area (Å²) in [6.07, 6.45) is 5.33. The van der Waals surface area contributed by atoms with E-state index in [1.165, 1.54) is 0 Å². The Kier molecular flexibility index (Phi) is 4.20. The fourth-order valence-corrected chi connectivity index (χ4v) is 1.99. The molecular weight excluding hydrogens is 276 g/mol.